The second kappa shape index (κ2) is 7.77. The predicted octanol–water partition coefficient (Wildman–Crippen LogP) is 2.50. The molecule has 8 nitrogen and oxygen atoms in total. The number of benzene rings is 1. The van der Waals surface area contributed by atoms with Gasteiger partial charge in [0, 0.05) is 5.39 Å². The van der Waals surface area contributed by atoms with Gasteiger partial charge in [0.25, 0.3) is 5.91 Å². The maximum atomic E-state index is 12.3. The minimum atomic E-state index is -0.753. The van der Waals surface area contributed by atoms with Crippen molar-refractivity contribution in [3.63, 3.8) is 0 Å². The molecule has 27 heavy (non-hydrogen) atoms. The van der Waals surface area contributed by atoms with Crippen molar-refractivity contribution in [2.75, 3.05) is 13.7 Å². The van der Waals surface area contributed by atoms with E-state index in [4.69, 9.17) is 18.3 Å². The summed E-state index contributed by atoms with van der Waals surface area (Å²) in [5, 5.41) is 3.11. The van der Waals surface area contributed by atoms with Gasteiger partial charge in [-0.15, -0.1) is 0 Å². The number of nitrogens with one attached hydrogen (secondary N) is 1. The molecule has 0 aliphatic rings. The van der Waals surface area contributed by atoms with Crippen LogP contribution in [0.4, 0.5) is 0 Å². The number of hydrogen-bond donors (Lipinski definition) is 1. The van der Waals surface area contributed by atoms with Crippen LogP contribution in [0.3, 0.4) is 0 Å². The van der Waals surface area contributed by atoms with Gasteiger partial charge in [-0.1, -0.05) is 0 Å². The molecule has 140 valence electrons. The fraction of sp³-hybridized carbons (Fsp3) is 0.211. The van der Waals surface area contributed by atoms with E-state index < -0.39 is 17.5 Å². The fourth-order valence-electron chi connectivity index (χ4n) is 2.43. The van der Waals surface area contributed by atoms with Crippen LogP contribution in [0.25, 0.3) is 11.0 Å². The molecule has 1 amide bonds. The summed E-state index contributed by atoms with van der Waals surface area (Å²) in [7, 11) is 1.52. The summed E-state index contributed by atoms with van der Waals surface area (Å²) in [6.45, 7) is 1.91. The highest BCUT2D eigenvalue weighted by molar-refractivity contribution is 5.96. The molecule has 3 rings (SSSR count). The number of carbonyl (C=O) groups excluding carboxylic acids is 2. The van der Waals surface area contributed by atoms with Gasteiger partial charge in [-0.25, -0.2) is 9.59 Å². The number of methoxy groups -OCH3 is 1. The first kappa shape index (κ1) is 18.2. The van der Waals surface area contributed by atoms with E-state index in [-0.39, 0.29) is 24.5 Å². The summed E-state index contributed by atoms with van der Waals surface area (Å²) in [4.78, 5) is 36.0. The van der Waals surface area contributed by atoms with Crippen molar-refractivity contribution in [2.45, 2.75) is 13.5 Å². The second-order valence-corrected chi connectivity index (χ2v) is 5.52. The largest absolute Gasteiger partial charge is 0.497 e. The van der Waals surface area contributed by atoms with Crippen molar-refractivity contribution in [3.8, 4) is 5.75 Å². The molecule has 0 saturated heterocycles. The molecule has 2 aromatic heterocycles. The van der Waals surface area contributed by atoms with Gasteiger partial charge < -0.3 is 23.6 Å². The summed E-state index contributed by atoms with van der Waals surface area (Å²) in [6, 6.07) is 9.34. The molecule has 1 aromatic carbocycles. The topological polar surface area (TPSA) is 108 Å². The van der Waals surface area contributed by atoms with Gasteiger partial charge in [-0.2, -0.15) is 0 Å². The number of ether oxygens (including phenoxy) is 2. The van der Waals surface area contributed by atoms with Crippen molar-refractivity contribution in [1.29, 1.82) is 0 Å². The molecule has 0 radical (unpaired) electrons. The van der Waals surface area contributed by atoms with Crippen molar-refractivity contribution < 1.29 is 27.9 Å². The quantitative estimate of drug-likeness (QED) is 0.524. The van der Waals surface area contributed by atoms with E-state index in [1.807, 2.05) is 0 Å². The van der Waals surface area contributed by atoms with E-state index in [0.29, 0.717) is 22.5 Å². The van der Waals surface area contributed by atoms with Crippen LogP contribution in [0.2, 0.25) is 0 Å². The van der Waals surface area contributed by atoms with Gasteiger partial charge in [0.2, 0.25) is 5.76 Å². The zero-order valence-corrected chi connectivity index (χ0v) is 14.7. The van der Waals surface area contributed by atoms with Crippen LogP contribution >= 0.6 is 0 Å². The van der Waals surface area contributed by atoms with E-state index in [2.05, 4.69) is 5.32 Å². The first-order valence-electron chi connectivity index (χ1n) is 8.17. The second-order valence-electron chi connectivity index (χ2n) is 5.52. The molecule has 0 unspecified atom stereocenters. The molecule has 0 fully saturated rings. The van der Waals surface area contributed by atoms with Crippen LogP contribution in [0.1, 0.15) is 33.6 Å². The lowest BCUT2D eigenvalue weighted by molar-refractivity contribution is 0.0488. The third-order valence-corrected chi connectivity index (χ3v) is 3.75. The molecular weight excluding hydrogens is 354 g/mol. The lowest BCUT2D eigenvalue weighted by Crippen LogP contribution is -2.27. The van der Waals surface area contributed by atoms with E-state index in [9.17, 15) is 14.4 Å². The van der Waals surface area contributed by atoms with Crippen molar-refractivity contribution >= 4 is 22.8 Å². The zero-order valence-electron chi connectivity index (χ0n) is 14.7. The summed E-state index contributed by atoms with van der Waals surface area (Å²) < 4.78 is 20.4. The first-order valence-corrected chi connectivity index (χ1v) is 8.17. The first-order chi connectivity index (χ1) is 13.0. The van der Waals surface area contributed by atoms with Crippen LogP contribution in [0, 0.1) is 0 Å². The predicted molar refractivity (Wildman–Crippen MR) is 94.9 cm³/mol. The molecule has 0 spiro atoms. The average molecular weight is 371 g/mol. The minimum absolute atomic E-state index is 0.00612. The van der Waals surface area contributed by atoms with Gasteiger partial charge in [0.05, 0.1) is 20.3 Å². The minimum Gasteiger partial charge on any atom is -0.497 e. The third kappa shape index (κ3) is 4.00. The standard InChI is InChI=1S/C19H17NO7/c1-3-25-19(23)16-7-5-13(26-16)10-20-17(21)14-9-11-8-12(24-2)4-6-15(11)27-18(14)22/h4-9H,3,10H2,1-2H3,(H,20,21). The maximum absolute atomic E-state index is 12.3. The summed E-state index contributed by atoms with van der Waals surface area (Å²) >= 11 is 0. The van der Waals surface area contributed by atoms with Gasteiger partial charge in [0.1, 0.15) is 22.7 Å². The molecular formula is C19H17NO7. The van der Waals surface area contributed by atoms with Gasteiger partial charge in [0.15, 0.2) is 0 Å². The Morgan fingerprint density at radius 3 is 2.67 bits per heavy atom. The molecule has 0 saturated carbocycles. The van der Waals surface area contributed by atoms with E-state index >= 15 is 0 Å². The lowest BCUT2D eigenvalue weighted by atomic mass is 10.1. The summed E-state index contributed by atoms with van der Waals surface area (Å²) in [5.41, 5.74) is -0.549. The van der Waals surface area contributed by atoms with Crippen LogP contribution in [0.5, 0.6) is 5.75 Å². The monoisotopic (exact) mass is 371 g/mol. The molecule has 0 aliphatic carbocycles. The lowest BCUT2D eigenvalue weighted by Gasteiger charge is -2.05. The maximum Gasteiger partial charge on any atom is 0.374 e. The number of esters is 1. The molecule has 8 heteroatoms. The highest BCUT2D eigenvalue weighted by Crippen LogP contribution is 2.20. The van der Waals surface area contributed by atoms with E-state index in [0.717, 1.165) is 0 Å². The summed E-state index contributed by atoms with van der Waals surface area (Å²) in [6.07, 6.45) is 0. The van der Waals surface area contributed by atoms with E-state index in [1.165, 1.54) is 19.2 Å². The van der Waals surface area contributed by atoms with Crippen molar-refractivity contribution in [2.24, 2.45) is 0 Å². The Morgan fingerprint density at radius 1 is 1.11 bits per heavy atom. The Kier molecular flexibility index (Phi) is 5.25. The van der Waals surface area contributed by atoms with E-state index in [1.54, 1.807) is 31.2 Å². The normalized spacial score (nSPS) is 10.6. The Morgan fingerprint density at radius 2 is 1.93 bits per heavy atom. The summed E-state index contributed by atoms with van der Waals surface area (Å²) in [5.74, 6) is -0.247. The number of furan rings is 1. The molecule has 1 N–H and O–H groups in total. The number of amides is 1. The third-order valence-electron chi connectivity index (χ3n) is 3.75. The van der Waals surface area contributed by atoms with Gasteiger partial charge >= 0.3 is 11.6 Å². The Balaban J connectivity index is 1.75. The molecule has 0 atom stereocenters. The van der Waals surface area contributed by atoms with Gasteiger partial charge in [-0.3, -0.25) is 4.79 Å². The van der Waals surface area contributed by atoms with Crippen LogP contribution in [0.15, 0.2) is 50.0 Å². The molecule has 0 aliphatic heterocycles. The molecule has 2 heterocycles. The highest BCUT2D eigenvalue weighted by atomic mass is 16.5. The smallest absolute Gasteiger partial charge is 0.374 e. The average Bonchev–Trinajstić information content (AvgIpc) is 3.14. The Labute approximate surface area is 153 Å². The Bertz CT molecular complexity index is 1050. The van der Waals surface area contributed by atoms with Crippen LogP contribution < -0.4 is 15.7 Å². The van der Waals surface area contributed by atoms with Crippen molar-refractivity contribution in [1.82, 2.24) is 5.32 Å². The number of rotatable bonds is 6. The SMILES string of the molecule is CCOC(=O)c1ccc(CNC(=O)c2cc3cc(OC)ccc3oc2=O)o1. The number of carbonyl (C=O) groups is 2. The Hall–Kier alpha value is -3.55. The number of hydrogen-bond acceptors (Lipinski definition) is 7. The molecule has 3 aromatic rings. The highest BCUT2D eigenvalue weighted by Gasteiger charge is 2.16. The van der Waals surface area contributed by atoms with Crippen molar-refractivity contribution in [3.05, 3.63) is 63.9 Å². The van der Waals surface area contributed by atoms with Crippen LogP contribution in [-0.4, -0.2) is 25.6 Å². The number of fused-ring (bicyclic) bond motifs is 1. The van der Waals surface area contributed by atoms with Crippen LogP contribution in [-0.2, 0) is 11.3 Å². The molecule has 0 bridgehead atoms. The fourth-order valence-corrected chi connectivity index (χ4v) is 2.43. The zero-order chi connectivity index (χ0) is 19.4. The van der Waals surface area contributed by atoms with Gasteiger partial charge in [-0.05, 0) is 43.3 Å².